The Labute approximate surface area is 108 Å². The first-order chi connectivity index (χ1) is 8.70. The van der Waals surface area contributed by atoms with Crippen LogP contribution in [0.1, 0.15) is 18.5 Å². The molecule has 6 nitrogen and oxygen atoms in total. The van der Waals surface area contributed by atoms with Gasteiger partial charge < -0.3 is 4.74 Å². The fourth-order valence-corrected chi connectivity index (χ4v) is 2.53. The Hall–Kier alpha value is -1.94. The number of esters is 1. The van der Waals surface area contributed by atoms with Gasteiger partial charge in [0.15, 0.2) is 11.7 Å². The van der Waals surface area contributed by atoms with Crippen LogP contribution in [0, 0.1) is 11.3 Å². The molecule has 18 heavy (non-hydrogen) atoms. The van der Waals surface area contributed by atoms with Crippen LogP contribution in [0.2, 0.25) is 0 Å². The molecule has 0 saturated carbocycles. The van der Waals surface area contributed by atoms with Crippen molar-refractivity contribution in [3.8, 4) is 6.07 Å². The Morgan fingerprint density at radius 1 is 1.67 bits per heavy atom. The summed E-state index contributed by atoms with van der Waals surface area (Å²) < 4.78 is 4.64. The third-order valence-corrected chi connectivity index (χ3v) is 3.38. The van der Waals surface area contributed by atoms with Gasteiger partial charge in [-0.2, -0.15) is 5.26 Å². The zero-order valence-electron chi connectivity index (χ0n) is 9.59. The molecule has 1 aliphatic heterocycles. The molecule has 0 bridgehead atoms. The highest BCUT2D eigenvalue weighted by Gasteiger charge is 2.24. The quantitative estimate of drug-likeness (QED) is 0.754. The second kappa shape index (κ2) is 5.60. The average Bonchev–Trinajstić information content (AvgIpc) is 2.95. The number of carbonyl (C=O) groups is 2. The minimum atomic E-state index is -0.485. The van der Waals surface area contributed by atoms with E-state index in [1.54, 1.807) is 16.3 Å². The Morgan fingerprint density at radius 3 is 3.17 bits per heavy atom. The largest absolute Gasteiger partial charge is 0.450 e. The van der Waals surface area contributed by atoms with Gasteiger partial charge >= 0.3 is 5.97 Å². The molecule has 1 aliphatic rings. The van der Waals surface area contributed by atoms with Gasteiger partial charge in [-0.3, -0.25) is 14.5 Å². The van der Waals surface area contributed by atoms with Gasteiger partial charge in [-0.05, 0) is 6.42 Å². The number of hydrogen-bond acceptors (Lipinski definition) is 6. The zero-order valence-corrected chi connectivity index (χ0v) is 10.4. The smallest absolute Gasteiger partial charge is 0.312 e. The molecule has 0 radical (unpaired) electrons. The lowest BCUT2D eigenvalue weighted by Crippen LogP contribution is -2.23. The highest BCUT2D eigenvalue weighted by molar-refractivity contribution is 7.14. The summed E-state index contributed by atoms with van der Waals surface area (Å²) in [4.78, 5) is 28.7. The Kier molecular flexibility index (Phi) is 3.89. The molecule has 94 valence electrons. The molecule has 0 atom stereocenters. The van der Waals surface area contributed by atoms with E-state index in [4.69, 9.17) is 5.26 Å². The van der Waals surface area contributed by atoms with E-state index in [0.29, 0.717) is 23.8 Å². The van der Waals surface area contributed by atoms with Crippen molar-refractivity contribution in [1.82, 2.24) is 4.98 Å². The van der Waals surface area contributed by atoms with Crippen LogP contribution in [-0.4, -0.2) is 30.0 Å². The number of amides is 1. The van der Waals surface area contributed by atoms with Crippen LogP contribution in [0.25, 0.3) is 0 Å². The summed E-state index contributed by atoms with van der Waals surface area (Å²) in [5.74, 6) is -0.413. The maximum atomic E-state index is 11.5. The SMILES string of the molecule is N#CCOC(=O)Cc1csc(N2CCCC2=O)n1. The number of hydrogen-bond donors (Lipinski definition) is 0. The first kappa shape index (κ1) is 12.5. The molecule has 1 aromatic heterocycles. The second-order valence-electron chi connectivity index (χ2n) is 3.77. The van der Waals surface area contributed by atoms with Gasteiger partial charge in [0.1, 0.15) is 6.07 Å². The van der Waals surface area contributed by atoms with Crippen LogP contribution in [0.5, 0.6) is 0 Å². The molecule has 0 spiro atoms. The summed E-state index contributed by atoms with van der Waals surface area (Å²) in [7, 11) is 0. The first-order valence-electron chi connectivity index (χ1n) is 5.48. The lowest BCUT2D eigenvalue weighted by molar-refractivity contribution is -0.141. The normalized spacial score (nSPS) is 14.6. The van der Waals surface area contributed by atoms with Gasteiger partial charge in [0.05, 0.1) is 12.1 Å². The predicted octanol–water partition coefficient (Wildman–Crippen LogP) is 0.879. The van der Waals surface area contributed by atoms with Crippen molar-refractivity contribution in [3.05, 3.63) is 11.1 Å². The van der Waals surface area contributed by atoms with Crippen molar-refractivity contribution in [1.29, 1.82) is 5.26 Å². The van der Waals surface area contributed by atoms with Crippen molar-refractivity contribution in [3.63, 3.8) is 0 Å². The van der Waals surface area contributed by atoms with Gasteiger partial charge in [-0.15, -0.1) is 11.3 Å². The molecule has 1 saturated heterocycles. The molecular formula is C11H11N3O3S. The third kappa shape index (κ3) is 2.84. The van der Waals surface area contributed by atoms with E-state index in [-0.39, 0.29) is 18.9 Å². The predicted molar refractivity (Wildman–Crippen MR) is 64.0 cm³/mol. The number of carbonyl (C=O) groups excluding carboxylic acids is 2. The molecule has 2 heterocycles. The summed E-state index contributed by atoms with van der Waals surface area (Å²) in [6, 6.07) is 1.73. The van der Waals surface area contributed by atoms with Gasteiger partial charge in [-0.25, -0.2) is 4.98 Å². The number of anilines is 1. The minimum Gasteiger partial charge on any atom is -0.450 e. The topological polar surface area (TPSA) is 83.3 Å². The maximum Gasteiger partial charge on any atom is 0.312 e. The molecule has 7 heteroatoms. The standard InChI is InChI=1S/C11H11N3O3S/c12-3-5-17-10(16)6-8-7-18-11(13-8)14-4-1-2-9(14)15/h7H,1-2,4-6H2. The highest BCUT2D eigenvalue weighted by atomic mass is 32.1. The Bertz CT molecular complexity index is 506. The van der Waals surface area contributed by atoms with Crippen LogP contribution in [-0.2, 0) is 20.7 Å². The van der Waals surface area contributed by atoms with Crippen LogP contribution in [0.4, 0.5) is 5.13 Å². The molecule has 0 N–H and O–H groups in total. The number of nitrogens with zero attached hydrogens (tertiary/aromatic N) is 3. The fourth-order valence-electron chi connectivity index (χ4n) is 1.66. The Morgan fingerprint density at radius 2 is 2.50 bits per heavy atom. The van der Waals surface area contributed by atoms with E-state index in [2.05, 4.69) is 9.72 Å². The maximum absolute atomic E-state index is 11.5. The molecule has 1 fully saturated rings. The highest BCUT2D eigenvalue weighted by Crippen LogP contribution is 2.25. The van der Waals surface area contributed by atoms with Crippen LogP contribution < -0.4 is 4.90 Å². The number of nitriles is 1. The minimum absolute atomic E-state index is 0.0280. The summed E-state index contributed by atoms with van der Waals surface area (Å²) in [6.45, 7) is 0.436. The summed E-state index contributed by atoms with van der Waals surface area (Å²) in [6.07, 6.45) is 1.43. The van der Waals surface area contributed by atoms with Gasteiger partial charge in [-0.1, -0.05) is 0 Å². The van der Waals surface area contributed by atoms with Gasteiger partial charge in [0.25, 0.3) is 0 Å². The zero-order chi connectivity index (χ0) is 13.0. The second-order valence-corrected chi connectivity index (χ2v) is 4.60. The van der Waals surface area contributed by atoms with Gasteiger partial charge in [0, 0.05) is 18.3 Å². The third-order valence-electron chi connectivity index (χ3n) is 2.47. The number of aromatic nitrogens is 1. The number of ether oxygens (including phenoxy) is 1. The van der Waals surface area contributed by atoms with Crippen molar-refractivity contribution in [2.24, 2.45) is 0 Å². The molecule has 1 amide bonds. The molecule has 0 unspecified atom stereocenters. The van der Waals surface area contributed by atoms with E-state index in [0.717, 1.165) is 6.42 Å². The fraction of sp³-hybridized carbons (Fsp3) is 0.455. The van der Waals surface area contributed by atoms with E-state index in [9.17, 15) is 9.59 Å². The van der Waals surface area contributed by atoms with Crippen LogP contribution in [0.15, 0.2) is 5.38 Å². The van der Waals surface area contributed by atoms with E-state index in [1.165, 1.54) is 11.3 Å². The molecule has 0 aliphatic carbocycles. The van der Waals surface area contributed by atoms with Crippen LogP contribution >= 0.6 is 11.3 Å². The van der Waals surface area contributed by atoms with Gasteiger partial charge in [0.2, 0.25) is 5.91 Å². The first-order valence-corrected chi connectivity index (χ1v) is 6.36. The summed E-state index contributed by atoms with van der Waals surface area (Å²) in [5, 5.41) is 10.6. The molecule has 1 aromatic rings. The monoisotopic (exact) mass is 265 g/mol. The average molecular weight is 265 g/mol. The summed E-state index contributed by atoms with van der Waals surface area (Å²) >= 11 is 1.34. The lowest BCUT2D eigenvalue weighted by atomic mass is 10.3. The van der Waals surface area contributed by atoms with Crippen molar-refractivity contribution < 1.29 is 14.3 Å². The molecule has 2 rings (SSSR count). The van der Waals surface area contributed by atoms with Crippen molar-refractivity contribution in [2.45, 2.75) is 19.3 Å². The number of thiazole rings is 1. The molecular weight excluding hydrogens is 254 g/mol. The number of rotatable bonds is 4. The van der Waals surface area contributed by atoms with Crippen molar-refractivity contribution >= 4 is 28.3 Å². The van der Waals surface area contributed by atoms with E-state index < -0.39 is 5.97 Å². The lowest BCUT2D eigenvalue weighted by Gasteiger charge is -2.10. The molecule has 0 aromatic carbocycles. The Balaban J connectivity index is 1.96. The van der Waals surface area contributed by atoms with Crippen LogP contribution in [0.3, 0.4) is 0 Å². The summed E-state index contributed by atoms with van der Waals surface area (Å²) in [5.41, 5.74) is 0.567. The van der Waals surface area contributed by atoms with E-state index in [1.807, 2.05) is 0 Å². The van der Waals surface area contributed by atoms with E-state index >= 15 is 0 Å². The van der Waals surface area contributed by atoms with Crippen molar-refractivity contribution in [2.75, 3.05) is 18.1 Å².